The molecule has 0 unspecified atom stereocenters. The number of pyridine rings is 2. The number of fused-ring (bicyclic) bond motifs is 2. The van der Waals surface area contributed by atoms with Crippen molar-refractivity contribution in [2.75, 3.05) is 22.1 Å². The number of aromatic nitrogens is 8. The molecule has 0 spiro atoms. The minimum absolute atomic E-state index is 0.156. The second-order valence-electron chi connectivity index (χ2n) is 19.5. The molecule has 6 heterocycles. The molecule has 20 heteroatoms. The van der Waals surface area contributed by atoms with E-state index in [0.717, 1.165) is 44.0 Å². The number of anilines is 4. The fourth-order valence-electron chi connectivity index (χ4n) is 9.85. The number of nitrogen functional groups attached to an aromatic ring is 2. The van der Waals surface area contributed by atoms with Crippen molar-refractivity contribution >= 4 is 128 Å². The van der Waals surface area contributed by atoms with Gasteiger partial charge in [-0.05, 0) is 89.1 Å². The third kappa shape index (κ3) is 14.3. The van der Waals surface area contributed by atoms with E-state index >= 15 is 0 Å². The molecular weight excluding hydrogens is 1250 g/mol. The molecule has 0 saturated heterocycles. The van der Waals surface area contributed by atoms with Gasteiger partial charge in [-0.3, -0.25) is 23.7 Å². The van der Waals surface area contributed by atoms with Crippen LogP contribution >= 0.6 is 61.8 Å². The molecule has 0 radical (unpaired) electrons. The zero-order chi connectivity index (χ0) is 56.8. The Morgan fingerprint density at radius 2 is 1.06 bits per heavy atom. The number of nitrogens with zero attached hydrogens (tertiary/aromatic N) is 8. The molecule has 6 aromatic heterocycles. The van der Waals surface area contributed by atoms with Gasteiger partial charge in [0.05, 0.1) is 53.3 Å². The molecule has 10 aromatic rings. The van der Waals surface area contributed by atoms with Crippen LogP contribution in [0.5, 0.6) is 0 Å². The summed E-state index contributed by atoms with van der Waals surface area (Å²) < 4.78 is 10.5. The van der Waals surface area contributed by atoms with Crippen molar-refractivity contribution in [2.24, 2.45) is 0 Å². The van der Waals surface area contributed by atoms with Gasteiger partial charge in [0, 0.05) is 41.4 Å². The first-order valence-corrected chi connectivity index (χ1v) is 37.6. The number of hydrogen-bond donors (Lipinski definition) is 4. The average molecular weight is 1320 g/mol. The van der Waals surface area contributed by atoms with E-state index in [4.69, 9.17) is 34.7 Å². The topological polar surface area (TPSA) is 197 Å². The van der Waals surface area contributed by atoms with Crippen molar-refractivity contribution in [3.8, 4) is 21.8 Å². The van der Waals surface area contributed by atoms with Crippen LogP contribution in [0.3, 0.4) is 0 Å². The molecule has 80 heavy (non-hydrogen) atoms. The molecule has 10 rings (SSSR count). The van der Waals surface area contributed by atoms with Crippen LogP contribution in [-0.2, 0) is 0 Å². The normalized spacial score (nSPS) is 12.1. The van der Waals surface area contributed by atoms with Crippen LogP contribution in [0, 0.1) is 0 Å². The smallest absolute Gasteiger partial charge is 0.264 e. The Balaban J connectivity index is 0.000000165. The molecule has 2 atom stereocenters. The van der Waals surface area contributed by atoms with Gasteiger partial charge in [0.15, 0.2) is 0 Å². The van der Waals surface area contributed by atoms with Crippen LogP contribution in [0.1, 0.15) is 96.6 Å². The zero-order valence-electron chi connectivity index (χ0n) is 45.4. The van der Waals surface area contributed by atoms with Gasteiger partial charge in [0.1, 0.15) is 11.6 Å². The van der Waals surface area contributed by atoms with Crippen LogP contribution in [0.2, 0.25) is 23.4 Å². The summed E-state index contributed by atoms with van der Waals surface area (Å²) in [6.07, 6.45) is 15.7. The Morgan fingerprint density at radius 3 is 1.52 bits per heavy atom. The number of para-hydroxylation sites is 2. The van der Waals surface area contributed by atoms with Crippen LogP contribution in [-0.4, -0.2) is 57.4 Å². The minimum Gasteiger partial charge on any atom is -0.368 e. The molecule has 0 bridgehead atoms. The monoisotopic (exact) mass is 1320 g/mol. The summed E-state index contributed by atoms with van der Waals surface area (Å²) in [7, 11) is 0. The summed E-state index contributed by atoms with van der Waals surface area (Å²) in [5, 5.41) is 10.1. The van der Waals surface area contributed by atoms with E-state index in [2.05, 4.69) is 88.9 Å². The van der Waals surface area contributed by atoms with E-state index in [-0.39, 0.29) is 35.1 Å². The van der Waals surface area contributed by atoms with Crippen molar-refractivity contribution in [1.29, 1.82) is 0 Å². The van der Waals surface area contributed by atoms with Crippen LogP contribution in [0.25, 0.3) is 43.4 Å². The Hall–Kier alpha value is -6.22. The van der Waals surface area contributed by atoms with E-state index in [1.165, 1.54) is 49.9 Å². The Bertz CT molecular complexity index is 3740. The Kier molecular flexibility index (Phi) is 21.3. The van der Waals surface area contributed by atoms with E-state index in [9.17, 15) is 9.59 Å². The molecular formula is C60H65BrCl2N12O2S2Sn. The van der Waals surface area contributed by atoms with Gasteiger partial charge in [0.25, 0.3) is 11.1 Å². The van der Waals surface area contributed by atoms with Gasteiger partial charge < -0.3 is 22.1 Å². The maximum absolute atomic E-state index is 13.6. The molecule has 0 aliphatic carbocycles. The van der Waals surface area contributed by atoms with E-state index < -0.39 is 18.4 Å². The fraction of sp³-hybridized carbons (Fsp3) is 0.267. The number of nitrogens with one attached hydrogen (secondary N) is 2. The van der Waals surface area contributed by atoms with Crippen molar-refractivity contribution in [2.45, 2.75) is 98.5 Å². The van der Waals surface area contributed by atoms with Crippen molar-refractivity contribution in [3.63, 3.8) is 0 Å². The first-order chi connectivity index (χ1) is 38.8. The van der Waals surface area contributed by atoms with Gasteiger partial charge >= 0.3 is 122 Å². The van der Waals surface area contributed by atoms with E-state index in [1.54, 1.807) is 61.6 Å². The first-order valence-electron chi connectivity index (χ1n) is 26.8. The Labute approximate surface area is 497 Å². The number of halogens is 3. The molecule has 0 amide bonds. The first kappa shape index (κ1) is 59.9. The SMILES string of the molecule is CCC[CH2][Sn]([CH2]CCC)([CH2]CCC)[c]1cncs1.C[C@H](Nc1nc(N)ncc1-c1cncs1)c1cc2cccc(Cl)c2c(=O)n1-c1ccccc1.C[C@H](Nc1nc(N)ncc1Br)c1cc2cccc(Cl)c2c(=O)n1-c1ccccc1. The minimum atomic E-state index is -2.08. The Morgan fingerprint density at radius 1 is 0.600 bits per heavy atom. The third-order valence-electron chi connectivity index (χ3n) is 13.9. The van der Waals surface area contributed by atoms with E-state index in [1.807, 2.05) is 122 Å². The zero-order valence-corrected chi connectivity index (χ0v) is 53.0. The summed E-state index contributed by atoms with van der Waals surface area (Å²) in [5.74, 6) is 1.43. The molecule has 0 aliphatic heterocycles. The fourth-order valence-corrected chi connectivity index (χ4v) is 30.6. The van der Waals surface area contributed by atoms with Gasteiger partial charge in [0.2, 0.25) is 11.9 Å². The number of benzene rings is 4. The molecule has 14 nitrogen and oxygen atoms in total. The van der Waals surface area contributed by atoms with Crippen LogP contribution in [0.15, 0.2) is 159 Å². The molecule has 4 aromatic carbocycles. The predicted octanol–water partition coefficient (Wildman–Crippen LogP) is 15.5. The predicted molar refractivity (Wildman–Crippen MR) is 342 cm³/mol. The van der Waals surface area contributed by atoms with Crippen LogP contribution < -0.4 is 36.1 Å². The molecule has 414 valence electrons. The average Bonchev–Trinajstić information content (AvgIpc) is 4.22. The second-order valence-corrected chi connectivity index (χ2v) is 37.1. The molecule has 0 aliphatic rings. The standard InChI is InChI=1S/C24H19ClN6OS.C21H17BrClN5O.3C4H9.C3H2NS.Sn/c1-14(29-22-17(11-28-24(26)30-22)20-12-27-13-33-20)19-10-15-6-5-9-18(25)21(15)23(32)31(19)16-7-3-2-4-8-16;1-12(26-19-15(22)11-25-21(24)27-19)17-10-13-6-5-9-16(23)18(13)20(29)28(17)14-7-3-2-4-8-14;3*1-3-4-2;1-2-5-3-4-1;/h2-14H,1H3,(H3,26,28,29,30);2-12H,1H3,(H3,24,25,26,27);3*1,3-4H2,2H3;1,3H;/t14-;12-;;;;;/m00...../s1. The molecule has 0 fully saturated rings. The number of nitrogens with two attached hydrogens (primary N) is 2. The summed E-state index contributed by atoms with van der Waals surface area (Å²) in [5.41, 5.74) is 18.9. The summed E-state index contributed by atoms with van der Waals surface area (Å²) >= 11 is 17.6. The number of unbranched alkanes of at least 4 members (excludes halogenated alkanes) is 3. The summed E-state index contributed by atoms with van der Waals surface area (Å²) in [6.45, 7) is 10.9. The van der Waals surface area contributed by atoms with Gasteiger partial charge in [-0.15, -0.1) is 11.3 Å². The van der Waals surface area contributed by atoms with Gasteiger partial charge in [-0.1, -0.05) is 83.9 Å². The summed E-state index contributed by atoms with van der Waals surface area (Å²) in [6, 6.07) is 33.2. The number of rotatable bonds is 19. The van der Waals surface area contributed by atoms with E-state index in [0.29, 0.717) is 36.9 Å². The number of hydrogen-bond acceptors (Lipinski definition) is 14. The summed E-state index contributed by atoms with van der Waals surface area (Å²) in [4.78, 5) is 53.3. The molecule has 6 N–H and O–H groups in total. The van der Waals surface area contributed by atoms with Crippen molar-refractivity contribution < 1.29 is 0 Å². The van der Waals surface area contributed by atoms with Crippen molar-refractivity contribution in [3.05, 3.63) is 192 Å². The van der Waals surface area contributed by atoms with Gasteiger partial charge in [-0.25, -0.2) is 9.97 Å². The quantitative estimate of drug-likeness (QED) is 0.0560. The number of thiazole rings is 2. The van der Waals surface area contributed by atoms with Crippen molar-refractivity contribution in [1.82, 2.24) is 39.0 Å². The van der Waals surface area contributed by atoms with Crippen LogP contribution in [0.4, 0.5) is 23.5 Å². The third-order valence-corrected chi connectivity index (χ3v) is 35.0. The largest absolute Gasteiger partial charge is 0.368 e. The maximum Gasteiger partial charge on any atom is 0.264 e. The second kappa shape index (κ2) is 28.5. The van der Waals surface area contributed by atoms with Gasteiger partial charge in [-0.2, -0.15) is 9.97 Å². The molecule has 0 saturated carbocycles. The maximum atomic E-state index is 13.6.